The van der Waals surface area contributed by atoms with Gasteiger partial charge in [-0.2, -0.15) is 0 Å². The number of carbonyl (C=O) groups excluding carboxylic acids is 2. The average molecular weight is 700 g/mol. The Bertz CT molecular complexity index is 1920. The molecule has 0 saturated heterocycles. The van der Waals surface area contributed by atoms with E-state index in [0.717, 1.165) is 28.7 Å². The molecule has 4 aliphatic rings. The third-order valence-electron chi connectivity index (χ3n) is 11.7. The standard InChI is InChI=1S/C44H53N5O3/c1-7-11-28-12-10-15-35(28)30-16-19-40(46-25-30)47-39-24-31(23-33(8-2)48(6)43(39)51)36-20-21-45-41-38(36)27-52-26-34-14-9-13-29-22-32(44(3,4)5)17-18-37(29)42(50)49(34)41/h9,13,16-22,24-25,28,33-35H,7-8,10-12,14-15,23,26-27H2,1-6H3. The summed E-state index contributed by atoms with van der Waals surface area (Å²) in [5.74, 6) is 2.21. The van der Waals surface area contributed by atoms with Gasteiger partial charge in [-0.1, -0.05) is 84.2 Å². The summed E-state index contributed by atoms with van der Waals surface area (Å²) in [6, 6.07) is 12.0. The molecule has 272 valence electrons. The van der Waals surface area contributed by atoms with Crippen LogP contribution in [0.15, 0.2) is 65.9 Å². The molecule has 4 unspecified atom stereocenters. The van der Waals surface area contributed by atoms with Crippen LogP contribution < -0.4 is 4.90 Å². The van der Waals surface area contributed by atoms with Crippen LogP contribution in [0.25, 0.3) is 11.6 Å². The van der Waals surface area contributed by atoms with Crippen LogP contribution in [0.5, 0.6) is 0 Å². The Labute approximate surface area is 309 Å². The zero-order valence-electron chi connectivity index (χ0n) is 31.7. The third kappa shape index (κ3) is 7.02. The summed E-state index contributed by atoms with van der Waals surface area (Å²) >= 11 is 0. The Balaban J connectivity index is 1.27. The van der Waals surface area contributed by atoms with Crippen LogP contribution in [0.4, 0.5) is 11.6 Å². The predicted molar refractivity (Wildman–Crippen MR) is 209 cm³/mol. The largest absolute Gasteiger partial charge is 0.374 e. The van der Waals surface area contributed by atoms with E-state index >= 15 is 0 Å². The minimum Gasteiger partial charge on any atom is -0.374 e. The molecule has 4 atom stereocenters. The molecule has 1 aromatic carbocycles. The fraction of sp³-hybridized carbons (Fsp3) is 0.477. The van der Waals surface area contributed by atoms with Crippen LogP contribution >= 0.6 is 0 Å². The van der Waals surface area contributed by atoms with Crippen molar-refractivity contribution in [2.45, 2.75) is 116 Å². The Morgan fingerprint density at radius 3 is 2.60 bits per heavy atom. The van der Waals surface area contributed by atoms with Crippen molar-refractivity contribution in [2.24, 2.45) is 10.9 Å². The number of carbonyl (C=O) groups is 2. The van der Waals surface area contributed by atoms with Gasteiger partial charge in [0.2, 0.25) is 0 Å². The number of nitrogens with zero attached hydrogens (tertiary/aromatic N) is 5. The highest BCUT2D eigenvalue weighted by molar-refractivity contribution is 6.45. The highest BCUT2D eigenvalue weighted by Gasteiger charge is 2.36. The second-order valence-corrected chi connectivity index (χ2v) is 16.1. The monoisotopic (exact) mass is 699 g/mol. The number of anilines is 1. The van der Waals surface area contributed by atoms with Gasteiger partial charge in [0.1, 0.15) is 11.5 Å². The van der Waals surface area contributed by atoms with Crippen LogP contribution in [0, 0.1) is 5.92 Å². The number of benzene rings is 1. The molecule has 5 heterocycles. The maximum atomic E-state index is 14.5. The van der Waals surface area contributed by atoms with E-state index in [1.807, 2.05) is 47.3 Å². The lowest BCUT2D eigenvalue weighted by molar-refractivity contribution is -0.124. The first-order valence-corrected chi connectivity index (χ1v) is 19.3. The van der Waals surface area contributed by atoms with E-state index in [0.29, 0.717) is 60.8 Å². The summed E-state index contributed by atoms with van der Waals surface area (Å²) in [6.07, 6.45) is 18.2. The van der Waals surface area contributed by atoms with Gasteiger partial charge in [0.25, 0.3) is 11.8 Å². The lowest BCUT2D eigenvalue weighted by Crippen LogP contribution is -2.43. The van der Waals surface area contributed by atoms with Crippen LogP contribution in [0.3, 0.4) is 0 Å². The summed E-state index contributed by atoms with van der Waals surface area (Å²) in [7, 11) is 1.86. The summed E-state index contributed by atoms with van der Waals surface area (Å²) in [5.41, 5.74) is 7.11. The number of pyridine rings is 2. The second-order valence-electron chi connectivity index (χ2n) is 16.1. The fourth-order valence-electron chi connectivity index (χ4n) is 8.66. The van der Waals surface area contributed by atoms with E-state index in [-0.39, 0.29) is 29.3 Å². The number of rotatable bonds is 6. The molecule has 3 aromatic rings. The maximum absolute atomic E-state index is 14.5. The van der Waals surface area contributed by atoms with Crippen molar-refractivity contribution in [3.8, 4) is 0 Å². The molecule has 1 saturated carbocycles. The van der Waals surface area contributed by atoms with Gasteiger partial charge in [-0.05, 0) is 101 Å². The van der Waals surface area contributed by atoms with Crippen molar-refractivity contribution in [1.82, 2.24) is 14.9 Å². The molecule has 1 fully saturated rings. The predicted octanol–water partition coefficient (Wildman–Crippen LogP) is 9.22. The number of aliphatic imine (C=N–C) groups is 1. The maximum Gasteiger partial charge on any atom is 0.272 e. The molecule has 7 rings (SSSR count). The van der Waals surface area contributed by atoms with E-state index in [1.54, 1.807) is 6.20 Å². The molecule has 0 spiro atoms. The van der Waals surface area contributed by atoms with E-state index < -0.39 is 0 Å². The van der Waals surface area contributed by atoms with Gasteiger partial charge in [-0.3, -0.25) is 14.5 Å². The highest BCUT2D eigenvalue weighted by Crippen LogP contribution is 2.42. The number of hydrogen-bond acceptors (Lipinski definition) is 6. The zero-order chi connectivity index (χ0) is 36.6. The van der Waals surface area contributed by atoms with Gasteiger partial charge in [0.15, 0.2) is 5.82 Å². The first-order valence-electron chi connectivity index (χ1n) is 19.3. The van der Waals surface area contributed by atoms with Crippen LogP contribution in [0.1, 0.15) is 130 Å². The normalized spacial score (nSPS) is 24.4. The lowest BCUT2D eigenvalue weighted by Gasteiger charge is -2.32. The van der Waals surface area contributed by atoms with Crippen LogP contribution in [-0.4, -0.2) is 58.1 Å². The van der Waals surface area contributed by atoms with Crippen molar-refractivity contribution < 1.29 is 14.3 Å². The van der Waals surface area contributed by atoms with Gasteiger partial charge in [-0.25, -0.2) is 15.0 Å². The molecule has 8 heteroatoms. The third-order valence-corrected chi connectivity index (χ3v) is 11.7. The van der Waals surface area contributed by atoms with E-state index in [1.165, 1.54) is 43.2 Å². The quantitative estimate of drug-likeness (QED) is 0.256. The zero-order valence-corrected chi connectivity index (χ0v) is 31.7. The molecule has 0 radical (unpaired) electrons. The molecule has 52 heavy (non-hydrogen) atoms. The van der Waals surface area contributed by atoms with E-state index in [9.17, 15) is 9.59 Å². The first kappa shape index (κ1) is 36.0. The number of ether oxygens (including phenoxy) is 1. The van der Waals surface area contributed by atoms with Gasteiger partial charge in [0, 0.05) is 36.6 Å². The molecular weight excluding hydrogens is 647 g/mol. The van der Waals surface area contributed by atoms with Crippen LogP contribution in [0.2, 0.25) is 0 Å². The fourth-order valence-corrected chi connectivity index (χ4v) is 8.66. The number of fused-ring (bicyclic) bond motifs is 4. The SMILES string of the molecule is CCCC1CCCC1c1ccc(N=C2C=C(c3ccnc4c3COCC3CC=Cc5cc(C(C)(C)C)ccc5C(=O)N43)CC(CC)N(C)C2=O)nc1. The topological polar surface area (TPSA) is 88.0 Å². The van der Waals surface area contributed by atoms with Gasteiger partial charge >= 0.3 is 0 Å². The molecule has 2 aromatic heterocycles. The van der Waals surface area contributed by atoms with Crippen molar-refractivity contribution in [3.05, 3.63) is 94.3 Å². The van der Waals surface area contributed by atoms with Crippen LogP contribution in [-0.2, 0) is 21.6 Å². The molecular formula is C44H53N5O3. The molecule has 0 bridgehead atoms. The number of aromatic nitrogens is 2. The van der Waals surface area contributed by atoms with E-state index in [2.05, 4.69) is 65.0 Å². The number of hydrogen-bond donors (Lipinski definition) is 0. The van der Waals surface area contributed by atoms with Crippen molar-refractivity contribution >= 4 is 40.8 Å². The molecule has 8 nitrogen and oxygen atoms in total. The van der Waals surface area contributed by atoms with Gasteiger partial charge in [0.05, 0.1) is 19.3 Å². The molecule has 0 N–H and O–H groups in total. The summed E-state index contributed by atoms with van der Waals surface area (Å²) in [4.78, 5) is 46.7. The minimum absolute atomic E-state index is 0.0275. The second kappa shape index (κ2) is 14.9. The summed E-state index contributed by atoms with van der Waals surface area (Å²) < 4.78 is 6.33. The Morgan fingerprint density at radius 2 is 1.85 bits per heavy atom. The van der Waals surface area contributed by atoms with Crippen molar-refractivity contribution in [3.63, 3.8) is 0 Å². The Kier molecular flexibility index (Phi) is 10.3. The first-order chi connectivity index (χ1) is 25.1. The molecule has 1 aliphatic carbocycles. The Morgan fingerprint density at radius 1 is 1.00 bits per heavy atom. The summed E-state index contributed by atoms with van der Waals surface area (Å²) in [6.45, 7) is 11.6. The molecule has 3 aliphatic heterocycles. The summed E-state index contributed by atoms with van der Waals surface area (Å²) in [5, 5.41) is 0. The average Bonchev–Trinajstić information content (AvgIpc) is 3.46. The lowest BCUT2D eigenvalue weighted by atomic mass is 9.84. The Hall–Kier alpha value is -4.43. The van der Waals surface area contributed by atoms with Crippen molar-refractivity contribution in [1.29, 1.82) is 0 Å². The minimum atomic E-state index is -0.199. The van der Waals surface area contributed by atoms with E-state index in [4.69, 9.17) is 19.7 Å². The van der Waals surface area contributed by atoms with Crippen molar-refractivity contribution in [2.75, 3.05) is 18.6 Å². The van der Waals surface area contributed by atoms with Gasteiger partial charge in [-0.15, -0.1) is 0 Å². The van der Waals surface area contributed by atoms with Gasteiger partial charge < -0.3 is 9.64 Å². The number of amides is 2. The molecule has 2 amide bonds. The smallest absolute Gasteiger partial charge is 0.272 e. The highest BCUT2D eigenvalue weighted by atomic mass is 16.5.